The molecule has 1 aromatic rings. The maximum Gasteiger partial charge on any atom is 0.237 e. The number of likely N-dealkylation sites (tertiary alicyclic amines) is 1. The van der Waals surface area contributed by atoms with Crippen LogP contribution in [0.15, 0.2) is 30.3 Å². The summed E-state index contributed by atoms with van der Waals surface area (Å²) in [4.78, 5) is 14.7. The lowest BCUT2D eigenvalue weighted by Gasteiger charge is -2.38. The zero-order chi connectivity index (χ0) is 17.7. The second-order valence-electron chi connectivity index (χ2n) is 7.63. The summed E-state index contributed by atoms with van der Waals surface area (Å²) in [5, 5.41) is 13.7. The van der Waals surface area contributed by atoms with E-state index < -0.39 is 6.10 Å². The number of rotatable bonds is 6. The minimum Gasteiger partial charge on any atom is -0.388 e. The lowest BCUT2D eigenvalue weighted by molar-refractivity contribution is -0.128. The Hall–Kier alpha value is -1.39. The normalized spacial score (nSPS) is 19.7. The summed E-state index contributed by atoms with van der Waals surface area (Å²) >= 11 is 0. The van der Waals surface area contributed by atoms with Crippen molar-refractivity contribution in [2.75, 3.05) is 13.1 Å². The van der Waals surface area contributed by atoms with Gasteiger partial charge in [0.25, 0.3) is 0 Å². The molecule has 0 bridgehead atoms. The molecule has 1 aliphatic rings. The van der Waals surface area contributed by atoms with Crippen molar-refractivity contribution in [3.05, 3.63) is 35.9 Å². The SMILES string of the molecule is CCC(C)(C)NC(=O)C(C)N1CCC(C(O)c2ccccc2)CC1. The highest BCUT2D eigenvalue weighted by atomic mass is 16.3. The fourth-order valence-corrected chi connectivity index (χ4v) is 3.24. The number of amides is 1. The lowest BCUT2D eigenvalue weighted by Crippen LogP contribution is -2.53. The van der Waals surface area contributed by atoms with Gasteiger partial charge in [0.15, 0.2) is 0 Å². The van der Waals surface area contributed by atoms with Crippen molar-refractivity contribution in [3.63, 3.8) is 0 Å². The number of carbonyl (C=O) groups excluding carboxylic acids is 1. The number of carbonyl (C=O) groups is 1. The number of aliphatic hydroxyl groups excluding tert-OH is 1. The Bertz CT molecular complexity index is 522. The third-order valence-electron chi connectivity index (χ3n) is 5.43. The molecule has 4 heteroatoms. The van der Waals surface area contributed by atoms with E-state index in [0.29, 0.717) is 0 Å². The van der Waals surface area contributed by atoms with Crippen LogP contribution in [0.2, 0.25) is 0 Å². The quantitative estimate of drug-likeness (QED) is 0.841. The molecule has 2 unspecified atom stereocenters. The van der Waals surface area contributed by atoms with Crippen LogP contribution in [-0.4, -0.2) is 40.6 Å². The van der Waals surface area contributed by atoms with Gasteiger partial charge in [-0.05, 0) is 64.6 Å². The van der Waals surface area contributed by atoms with Crippen LogP contribution >= 0.6 is 0 Å². The molecule has 0 radical (unpaired) electrons. The Morgan fingerprint density at radius 2 is 1.88 bits per heavy atom. The maximum absolute atomic E-state index is 12.5. The third kappa shape index (κ3) is 4.81. The molecule has 134 valence electrons. The second kappa shape index (κ2) is 8.13. The van der Waals surface area contributed by atoms with E-state index >= 15 is 0 Å². The highest BCUT2D eigenvalue weighted by Gasteiger charge is 2.31. The van der Waals surface area contributed by atoms with Gasteiger partial charge < -0.3 is 10.4 Å². The Morgan fingerprint density at radius 3 is 2.42 bits per heavy atom. The van der Waals surface area contributed by atoms with Gasteiger partial charge in [-0.3, -0.25) is 9.69 Å². The van der Waals surface area contributed by atoms with Crippen molar-refractivity contribution in [3.8, 4) is 0 Å². The average molecular weight is 332 g/mol. The Kier molecular flexibility index (Phi) is 6.41. The predicted octanol–water partition coefficient (Wildman–Crippen LogP) is 3.13. The zero-order valence-electron chi connectivity index (χ0n) is 15.5. The van der Waals surface area contributed by atoms with Crippen LogP contribution < -0.4 is 5.32 Å². The molecular weight excluding hydrogens is 300 g/mol. The van der Waals surface area contributed by atoms with Gasteiger partial charge >= 0.3 is 0 Å². The Morgan fingerprint density at radius 1 is 1.29 bits per heavy atom. The van der Waals surface area contributed by atoms with Crippen molar-refractivity contribution in [1.82, 2.24) is 10.2 Å². The molecule has 1 saturated heterocycles. The Balaban J connectivity index is 1.87. The molecule has 24 heavy (non-hydrogen) atoms. The fraction of sp³-hybridized carbons (Fsp3) is 0.650. The summed E-state index contributed by atoms with van der Waals surface area (Å²) in [7, 11) is 0. The molecule has 0 aliphatic carbocycles. The van der Waals surface area contributed by atoms with Crippen molar-refractivity contribution in [1.29, 1.82) is 0 Å². The summed E-state index contributed by atoms with van der Waals surface area (Å²) in [6.45, 7) is 9.89. The minimum absolute atomic E-state index is 0.101. The van der Waals surface area contributed by atoms with Gasteiger partial charge in [-0.15, -0.1) is 0 Å². The number of hydrogen-bond acceptors (Lipinski definition) is 3. The number of piperidine rings is 1. The molecular formula is C20H32N2O2. The fourth-order valence-electron chi connectivity index (χ4n) is 3.24. The smallest absolute Gasteiger partial charge is 0.237 e. The van der Waals surface area contributed by atoms with Gasteiger partial charge in [0.05, 0.1) is 12.1 Å². The molecule has 1 amide bonds. The molecule has 1 heterocycles. The van der Waals surface area contributed by atoms with Crippen LogP contribution in [-0.2, 0) is 4.79 Å². The van der Waals surface area contributed by atoms with Gasteiger partial charge in [0.1, 0.15) is 0 Å². The molecule has 0 saturated carbocycles. The number of aliphatic hydroxyl groups is 1. The summed E-state index contributed by atoms with van der Waals surface area (Å²) in [5.74, 6) is 0.370. The molecule has 4 nitrogen and oxygen atoms in total. The third-order valence-corrected chi connectivity index (χ3v) is 5.43. The van der Waals surface area contributed by atoms with Gasteiger partial charge in [-0.2, -0.15) is 0 Å². The molecule has 1 fully saturated rings. The second-order valence-corrected chi connectivity index (χ2v) is 7.63. The summed E-state index contributed by atoms with van der Waals surface area (Å²) in [6, 6.07) is 9.76. The minimum atomic E-state index is -0.406. The van der Waals surface area contributed by atoms with E-state index in [1.54, 1.807) is 0 Å². The molecule has 1 aromatic carbocycles. The largest absolute Gasteiger partial charge is 0.388 e. The number of nitrogens with one attached hydrogen (secondary N) is 1. The van der Waals surface area contributed by atoms with Gasteiger partial charge in [-0.25, -0.2) is 0 Å². The van der Waals surface area contributed by atoms with Gasteiger partial charge in [-0.1, -0.05) is 37.3 Å². The van der Waals surface area contributed by atoms with E-state index in [1.165, 1.54) is 0 Å². The topological polar surface area (TPSA) is 52.6 Å². The average Bonchev–Trinajstić information content (AvgIpc) is 2.61. The van der Waals surface area contributed by atoms with Crippen LogP contribution in [0, 0.1) is 5.92 Å². The van der Waals surface area contributed by atoms with Crippen LogP contribution in [0.5, 0.6) is 0 Å². The monoisotopic (exact) mass is 332 g/mol. The maximum atomic E-state index is 12.5. The zero-order valence-corrected chi connectivity index (χ0v) is 15.5. The van der Waals surface area contributed by atoms with Crippen molar-refractivity contribution >= 4 is 5.91 Å². The summed E-state index contributed by atoms with van der Waals surface area (Å²) < 4.78 is 0. The van der Waals surface area contributed by atoms with E-state index in [-0.39, 0.29) is 23.4 Å². The van der Waals surface area contributed by atoms with Crippen molar-refractivity contribution in [2.45, 2.75) is 64.6 Å². The van der Waals surface area contributed by atoms with E-state index in [9.17, 15) is 9.90 Å². The van der Waals surface area contributed by atoms with E-state index in [4.69, 9.17) is 0 Å². The molecule has 2 rings (SSSR count). The van der Waals surface area contributed by atoms with Gasteiger partial charge in [0.2, 0.25) is 5.91 Å². The first-order chi connectivity index (χ1) is 11.3. The van der Waals surface area contributed by atoms with Crippen LogP contribution in [0.1, 0.15) is 58.6 Å². The highest BCUT2D eigenvalue weighted by molar-refractivity contribution is 5.82. The first-order valence-electron chi connectivity index (χ1n) is 9.13. The standard InChI is InChI=1S/C20H32N2O2/c1-5-20(3,4)21-19(24)15(2)22-13-11-17(12-14-22)18(23)16-9-7-6-8-10-16/h6-10,15,17-18,23H,5,11-14H2,1-4H3,(H,21,24). The number of nitrogens with zero attached hydrogens (tertiary/aromatic N) is 1. The number of benzene rings is 1. The van der Waals surface area contributed by atoms with Crippen LogP contribution in [0.3, 0.4) is 0 Å². The van der Waals surface area contributed by atoms with E-state index in [1.807, 2.05) is 37.3 Å². The number of hydrogen-bond donors (Lipinski definition) is 2. The molecule has 2 atom stereocenters. The molecule has 1 aliphatic heterocycles. The Labute approximate surface area is 146 Å². The van der Waals surface area contributed by atoms with E-state index in [2.05, 4.69) is 31.0 Å². The van der Waals surface area contributed by atoms with Crippen molar-refractivity contribution in [2.24, 2.45) is 5.92 Å². The lowest BCUT2D eigenvalue weighted by atomic mass is 9.87. The van der Waals surface area contributed by atoms with Crippen molar-refractivity contribution < 1.29 is 9.90 Å². The first-order valence-corrected chi connectivity index (χ1v) is 9.13. The summed E-state index contributed by atoms with van der Waals surface area (Å²) in [6.07, 6.45) is 2.35. The summed E-state index contributed by atoms with van der Waals surface area (Å²) in [5.41, 5.74) is 0.833. The van der Waals surface area contributed by atoms with Crippen LogP contribution in [0.4, 0.5) is 0 Å². The van der Waals surface area contributed by atoms with Gasteiger partial charge in [0, 0.05) is 5.54 Å². The molecule has 0 aromatic heterocycles. The van der Waals surface area contributed by atoms with E-state index in [0.717, 1.165) is 37.9 Å². The highest BCUT2D eigenvalue weighted by Crippen LogP contribution is 2.31. The molecule has 2 N–H and O–H groups in total. The molecule has 0 spiro atoms. The van der Waals surface area contributed by atoms with Crippen LogP contribution in [0.25, 0.3) is 0 Å². The first kappa shape index (κ1) is 18.9. The predicted molar refractivity (Wildman–Crippen MR) is 97.7 cm³/mol.